The van der Waals surface area contributed by atoms with E-state index in [2.05, 4.69) is 21.2 Å². The number of hydrogen-bond acceptors (Lipinski definition) is 5. The van der Waals surface area contributed by atoms with Crippen molar-refractivity contribution in [2.24, 2.45) is 0 Å². The molecule has 1 N–H and O–H groups in total. The van der Waals surface area contributed by atoms with Gasteiger partial charge < -0.3 is 19.9 Å². The summed E-state index contributed by atoms with van der Waals surface area (Å²) in [4.78, 5) is 32.8. The van der Waals surface area contributed by atoms with E-state index in [4.69, 9.17) is 4.74 Å². The van der Waals surface area contributed by atoms with Crippen molar-refractivity contribution in [1.29, 1.82) is 0 Å². The second kappa shape index (κ2) is 11.8. The topological polar surface area (TPSA) is 65.1 Å². The van der Waals surface area contributed by atoms with E-state index in [1.807, 2.05) is 53.4 Å². The molecule has 7 heteroatoms. The van der Waals surface area contributed by atoms with Crippen LogP contribution in [-0.4, -0.2) is 79.6 Å². The highest BCUT2D eigenvalue weighted by molar-refractivity contribution is 6.00. The van der Waals surface area contributed by atoms with Gasteiger partial charge in [0.25, 0.3) is 11.8 Å². The van der Waals surface area contributed by atoms with Gasteiger partial charge in [0.1, 0.15) is 5.75 Å². The van der Waals surface area contributed by atoms with E-state index in [1.165, 1.54) is 25.7 Å². The highest BCUT2D eigenvalue weighted by Crippen LogP contribution is 2.28. The predicted octanol–water partition coefficient (Wildman–Crippen LogP) is 3.55. The van der Waals surface area contributed by atoms with Crippen molar-refractivity contribution in [1.82, 2.24) is 15.1 Å². The summed E-state index contributed by atoms with van der Waals surface area (Å²) in [6, 6.07) is 18.3. The Labute approximate surface area is 214 Å². The molecule has 3 fully saturated rings. The van der Waals surface area contributed by atoms with E-state index in [-0.39, 0.29) is 24.5 Å². The smallest absolute Gasteiger partial charge is 0.258 e. The number of carbonyl (C=O) groups is 2. The highest BCUT2D eigenvalue weighted by atomic mass is 16.5. The van der Waals surface area contributed by atoms with Gasteiger partial charge in [-0.25, -0.2) is 0 Å². The first kappa shape index (κ1) is 24.6. The van der Waals surface area contributed by atoms with Gasteiger partial charge in [0.2, 0.25) is 0 Å². The molecule has 0 unspecified atom stereocenters. The lowest BCUT2D eigenvalue weighted by atomic mass is 10.0. The third kappa shape index (κ3) is 6.01. The quantitative estimate of drug-likeness (QED) is 0.643. The first-order valence-electron chi connectivity index (χ1n) is 13.5. The van der Waals surface area contributed by atoms with Gasteiger partial charge >= 0.3 is 0 Å². The number of ether oxygens (including phenoxy) is 1. The Morgan fingerprint density at radius 2 is 1.47 bits per heavy atom. The molecule has 0 radical (unpaired) electrons. The van der Waals surface area contributed by atoms with E-state index in [1.54, 1.807) is 0 Å². The zero-order valence-corrected chi connectivity index (χ0v) is 21.1. The summed E-state index contributed by atoms with van der Waals surface area (Å²) in [5.41, 5.74) is 1.81. The molecule has 7 nitrogen and oxygen atoms in total. The standard InChI is InChI=1S/C29H38N4O3/c34-28(22-36-25-10-2-1-3-11-25)30-23-14-16-32(17-15-23)27-13-7-6-12-26(27)29(35)33-20-18-31(19-21-33)24-8-4-5-9-24/h1-3,6-7,10-13,23-24H,4-5,8-9,14-22H2,(H,30,34). The van der Waals surface area contributed by atoms with Crippen LogP contribution in [0.5, 0.6) is 5.75 Å². The fourth-order valence-corrected chi connectivity index (χ4v) is 5.86. The Bertz CT molecular complexity index is 1010. The molecule has 192 valence electrons. The minimum atomic E-state index is -0.0929. The Hall–Kier alpha value is -3.06. The van der Waals surface area contributed by atoms with Crippen LogP contribution in [0.1, 0.15) is 48.9 Å². The first-order chi connectivity index (χ1) is 17.7. The lowest BCUT2D eigenvalue weighted by Gasteiger charge is -2.39. The normalized spacial score (nSPS) is 19.9. The number of nitrogens with one attached hydrogen (secondary N) is 1. The summed E-state index contributed by atoms with van der Waals surface area (Å²) in [6.07, 6.45) is 7.01. The fourth-order valence-electron chi connectivity index (χ4n) is 5.86. The SMILES string of the molecule is O=C(COc1ccccc1)NC1CCN(c2ccccc2C(=O)N2CCN(C3CCCC3)CC2)CC1. The molecule has 2 aromatic rings. The molecule has 0 bridgehead atoms. The van der Waals surface area contributed by atoms with Crippen molar-refractivity contribution in [2.45, 2.75) is 50.6 Å². The van der Waals surface area contributed by atoms with E-state index >= 15 is 0 Å². The van der Waals surface area contributed by atoms with Crippen molar-refractivity contribution in [2.75, 3.05) is 50.8 Å². The summed E-state index contributed by atoms with van der Waals surface area (Å²) in [6.45, 7) is 5.23. The molecule has 1 saturated carbocycles. The summed E-state index contributed by atoms with van der Waals surface area (Å²) < 4.78 is 5.57. The third-order valence-corrected chi connectivity index (χ3v) is 7.89. The number of benzene rings is 2. The fraction of sp³-hybridized carbons (Fsp3) is 0.517. The molecule has 5 rings (SSSR count). The Balaban J connectivity index is 1.12. The average Bonchev–Trinajstić information content (AvgIpc) is 3.48. The molecule has 1 aliphatic carbocycles. The Kier molecular flexibility index (Phi) is 8.06. The van der Waals surface area contributed by atoms with Gasteiger partial charge in [-0.15, -0.1) is 0 Å². The zero-order valence-electron chi connectivity index (χ0n) is 21.1. The molecular weight excluding hydrogens is 452 g/mol. The zero-order chi connectivity index (χ0) is 24.7. The molecule has 3 aliphatic rings. The van der Waals surface area contributed by atoms with E-state index in [0.29, 0.717) is 5.75 Å². The average molecular weight is 491 g/mol. The van der Waals surface area contributed by atoms with Crippen molar-refractivity contribution in [3.05, 3.63) is 60.2 Å². The van der Waals surface area contributed by atoms with E-state index < -0.39 is 0 Å². The monoisotopic (exact) mass is 490 g/mol. The molecule has 0 spiro atoms. The number of amides is 2. The van der Waals surface area contributed by atoms with Gasteiger partial charge in [0, 0.05) is 57.0 Å². The van der Waals surface area contributed by atoms with Gasteiger partial charge in [0.05, 0.1) is 5.56 Å². The van der Waals surface area contributed by atoms with Crippen molar-refractivity contribution in [3.63, 3.8) is 0 Å². The second-order valence-electron chi connectivity index (χ2n) is 10.2. The van der Waals surface area contributed by atoms with Crippen LogP contribution in [0.15, 0.2) is 54.6 Å². The summed E-state index contributed by atoms with van der Waals surface area (Å²) in [7, 11) is 0. The molecule has 0 aromatic heterocycles. The predicted molar refractivity (Wildman–Crippen MR) is 141 cm³/mol. The van der Waals surface area contributed by atoms with Crippen LogP contribution in [0.3, 0.4) is 0 Å². The summed E-state index contributed by atoms with van der Waals surface area (Å²) >= 11 is 0. The van der Waals surface area contributed by atoms with Gasteiger partial charge in [-0.05, 0) is 49.9 Å². The minimum absolute atomic E-state index is 0.0234. The second-order valence-corrected chi connectivity index (χ2v) is 10.2. The van der Waals surface area contributed by atoms with Gasteiger partial charge in [-0.2, -0.15) is 0 Å². The van der Waals surface area contributed by atoms with Crippen molar-refractivity contribution >= 4 is 17.5 Å². The number of hydrogen-bond donors (Lipinski definition) is 1. The van der Waals surface area contributed by atoms with Gasteiger partial charge in [0.15, 0.2) is 6.61 Å². The van der Waals surface area contributed by atoms with Gasteiger partial charge in [-0.1, -0.05) is 43.2 Å². The van der Waals surface area contributed by atoms with Crippen molar-refractivity contribution < 1.29 is 14.3 Å². The van der Waals surface area contributed by atoms with Crippen LogP contribution in [0.25, 0.3) is 0 Å². The number of anilines is 1. The lowest BCUT2D eigenvalue weighted by molar-refractivity contribution is -0.123. The van der Waals surface area contributed by atoms with Crippen molar-refractivity contribution in [3.8, 4) is 5.75 Å². The highest BCUT2D eigenvalue weighted by Gasteiger charge is 2.30. The number of piperazine rings is 1. The van der Waals surface area contributed by atoms with Gasteiger partial charge in [-0.3, -0.25) is 14.5 Å². The maximum atomic E-state index is 13.5. The Morgan fingerprint density at radius 3 is 2.19 bits per heavy atom. The summed E-state index contributed by atoms with van der Waals surface area (Å²) in [5, 5.41) is 3.11. The molecule has 2 aromatic carbocycles. The molecule has 2 aliphatic heterocycles. The number of nitrogens with zero attached hydrogens (tertiary/aromatic N) is 3. The molecular formula is C29H38N4O3. The van der Waals surface area contributed by atoms with Crippen LogP contribution in [-0.2, 0) is 4.79 Å². The molecule has 2 saturated heterocycles. The van der Waals surface area contributed by atoms with Crippen LogP contribution < -0.4 is 15.0 Å². The summed E-state index contributed by atoms with van der Waals surface area (Å²) in [5.74, 6) is 0.749. The molecule has 0 atom stereocenters. The van der Waals surface area contributed by atoms with Crippen LogP contribution in [0, 0.1) is 0 Å². The number of rotatable bonds is 7. The molecule has 2 amide bonds. The number of piperidine rings is 1. The molecule has 2 heterocycles. The maximum absolute atomic E-state index is 13.5. The van der Waals surface area contributed by atoms with E-state index in [9.17, 15) is 9.59 Å². The first-order valence-corrected chi connectivity index (χ1v) is 13.5. The number of para-hydroxylation sites is 2. The lowest BCUT2D eigenvalue weighted by Crippen LogP contribution is -2.51. The maximum Gasteiger partial charge on any atom is 0.258 e. The largest absolute Gasteiger partial charge is 0.484 e. The van der Waals surface area contributed by atoms with Crippen LogP contribution in [0.2, 0.25) is 0 Å². The van der Waals surface area contributed by atoms with Crippen LogP contribution >= 0.6 is 0 Å². The number of carbonyl (C=O) groups excluding carboxylic acids is 2. The molecule has 36 heavy (non-hydrogen) atoms. The Morgan fingerprint density at radius 1 is 0.806 bits per heavy atom. The van der Waals surface area contributed by atoms with Crippen LogP contribution in [0.4, 0.5) is 5.69 Å². The minimum Gasteiger partial charge on any atom is -0.484 e. The third-order valence-electron chi connectivity index (χ3n) is 7.89. The van der Waals surface area contributed by atoms with E-state index in [0.717, 1.165) is 69.4 Å².